The van der Waals surface area contributed by atoms with Crippen molar-refractivity contribution in [2.75, 3.05) is 18.5 Å². The lowest BCUT2D eigenvalue weighted by Gasteiger charge is -2.12. The molecule has 17 heavy (non-hydrogen) atoms. The minimum Gasteiger partial charge on any atom is -0.478 e. The van der Waals surface area contributed by atoms with Gasteiger partial charge in [-0.15, -0.1) is 0 Å². The highest BCUT2D eigenvalue weighted by molar-refractivity contribution is 5.97. The molecule has 5 heteroatoms. The molecule has 0 saturated heterocycles. The molecule has 1 aromatic heterocycles. The number of aromatic nitrogens is 1. The van der Waals surface area contributed by atoms with E-state index in [0.717, 1.165) is 12.8 Å². The van der Waals surface area contributed by atoms with Crippen molar-refractivity contribution < 1.29 is 9.53 Å². The van der Waals surface area contributed by atoms with Gasteiger partial charge in [0.15, 0.2) is 0 Å². The number of pyridine rings is 1. The van der Waals surface area contributed by atoms with Gasteiger partial charge in [0.25, 0.3) is 0 Å². The normalized spacial score (nSPS) is 16.4. The lowest BCUT2D eigenvalue weighted by Crippen LogP contribution is -2.30. The van der Waals surface area contributed by atoms with Gasteiger partial charge in [0.05, 0.1) is 23.9 Å². The first-order chi connectivity index (χ1) is 8.20. The standard InChI is InChI=1S/C12H17N3O2/c1-2-17-10-4-3-9(7-14-10)15-11(16)12(8-13)5-6-12/h3-4,7H,2,5-6,8,13H2,1H3,(H,15,16). The summed E-state index contributed by atoms with van der Waals surface area (Å²) in [6, 6.07) is 3.52. The van der Waals surface area contributed by atoms with Crippen molar-refractivity contribution >= 4 is 11.6 Å². The number of carbonyl (C=O) groups is 1. The van der Waals surface area contributed by atoms with Gasteiger partial charge in [0.1, 0.15) is 0 Å². The fraction of sp³-hybridized carbons (Fsp3) is 0.500. The minimum atomic E-state index is -0.335. The van der Waals surface area contributed by atoms with E-state index >= 15 is 0 Å². The smallest absolute Gasteiger partial charge is 0.231 e. The van der Waals surface area contributed by atoms with Crippen LogP contribution in [0.4, 0.5) is 5.69 Å². The van der Waals surface area contributed by atoms with Crippen molar-refractivity contribution in [3.63, 3.8) is 0 Å². The first-order valence-corrected chi connectivity index (χ1v) is 5.80. The molecular formula is C12H17N3O2. The summed E-state index contributed by atoms with van der Waals surface area (Å²) in [5, 5.41) is 2.83. The molecule has 0 aliphatic heterocycles. The van der Waals surface area contributed by atoms with Crippen LogP contribution in [0.15, 0.2) is 18.3 Å². The number of nitrogens with two attached hydrogens (primary N) is 1. The zero-order valence-corrected chi connectivity index (χ0v) is 9.90. The largest absolute Gasteiger partial charge is 0.478 e. The van der Waals surface area contributed by atoms with Crippen molar-refractivity contribution in [3.8, 4) is 5.88 Å². The number of hydrogen-bond acceptors (Lipinski definition) is 4. The Balaban J connectivity index is 1.97. The Morgan fingerprint density at radius 1 is 1.59 bits per heavy atom. The van der Waals surface area contributed by atoms with Crippen LogP contribution in [0.3, 0.4) is 0 Å². The van der Waals surface area contributed by atoms with Gasteiger partial charge in [-0.1, -0.05) is 0 Å². The summed E-state index contributed by atoms with van der Waals surface area (Å²) < 4.78 is 5.22. The number of anilines is 1. The predicted molar refractivity (Wildman–Crippen MR) is 64.8 cm³/mol. The first kappa shape index (κ1) is 11.9. The van der Waals surface area contributed by atoms with Crippen molar-refractivity contribution in [2.24, 2.45) is 11.1 Å². The molecule has 0 aromatic carbocycles. The molecule has 1 amide bonds. The molecule has 92 valence electrons. The number of ether oxygens (including phenoxy) is 1. The zero-order chi connectivity index (χ0) is 12.3. The summed E-state index contributed by atoms with van der Waals surface area (Å²) in [7, 11) is 0. The second-order valence-corrected chi connectivity index (χ2v) is 4.26. The average molecular weight is 235 g/mol. The van der Waals surface area contributed by atoms with Crippen LogP contribution in [0.5, 0.6) is 5.88 Å². The van der Waals surface area contributed by atoms with E-state index in [4.69, 9.17) is 10.5 Å². The van der Waals surface area contributed by atoms with Gasteiger partial charge in [-0.05, 0) is 25.8 Å². The van der Waals surface area contributed by atoms with Crippen LogP contribution < -0.4 is 15.8 Å². The van der Waals surface area contributed by atoms with Crippen molar-refractivity contribution in [2.45, 2.75) is 19.8 Å². The van der Waals surface area contributed by atoms with Crippen LogP contribution in [0.1, 0.15) is 19.8 Å². The molecule has 0 unspecified atom stereocenters. The zero-order valence-electron chi connectivity index (χ0n) is 9.90. The van der Waals surface area contributed by atoms with Crippen LogP contribution in [0.2, 0.25) is 0 Å². The molecule has 1 aliphatic carbocycles. The average Bonchev–Trinajstić information content (AvgIpc) is 3.13. The van der Waals surface area contributed by atoms with Crippen molar-refractivity contribution in [1.29, 1.82) is 0 Å². The molecule has 2 rings (SSSR count). The Hall–Kier alpha value is -1.62. The fourth-order valence-electron chi connectivity index (χ4n) is 1.63. The molecule has 1 aliphatic rings. The lowest BCUT2D eigenvalue weighted by atomic mass is 10.1. The number of hydrogen-bond donors (Lipinski definition) is 2. The molecule has 3 N–H and O–H groups in total. The molecule has 1 saturated carbocycles. The Bertz CT molecular complexity index is 399. The number of nitrogens with one attached hydrogen (secondary N) is 1. The Morgan fingerprint density at radius 2 is 2.35 bits per heavy atom. The van der Waals surface area contributed by atoms with Gasteiger partial charge in [-0.25, -0.2) is 4.98 Å². The summed E-state index contributed by atoms with van der Waals surface area (Å²) in [5.74, 6) is 0.552. The van der Waals surface area contributed by atoms with E-state index in [1.54, 1.807) is 18.3 Å². The number of amides is 1. The number of carbonyl (C=O) groups excluding carboxylic acids is 1. The highest BCUT2D eigenvalue weighted by Crippen LogP contribution is 2.45. The molecular weight excluding hydrogens is 218 g/mol. The summed E-state index contributed by atoms with van der Waals surface area (Å²) in [4.78, 5) is 16.0. The summed E-state index contributed by atoms with van der Waals surface area (Å²) in [6.07, 6.45) is 3.34. The van der Waals surface area contributed by atoms with Gasteiger partial charge in [0.2, 0.25) is 11.8 Å². The fourth-order valence-corrected chi connectivity index (χ4v) is 1.63. The van der Waals surface area contributed by atoms with Gasteiger partial charge >= 0.3 is 0 Å². The highest BCUT2D eigenvalue weighted by Gasteiger charge is 2.48. The molecule has 1 heterocycles. The maximum atomic E-state index is 11.9. The molecule has 1 fully saturated rings. The van der Waals surface area contributed by atoms with E-state index in [2.05, 4.69) is 10.3 Å². The second-order valence-electron chi connectivity index (χ2n) is 4.26. The molecule has 0 bridgehead atoms. The summed E-state index contributed by atoms with van der Waals surface area (Å²) >= 11 is 0. The van der Waals surface area contributed by atoms with Crippen LogP contribution in [0, 0.1) is 5.41 Å². The van der Waals surface area contributed by atoms with E-state index < -0.39 is 0 Å². The number of nitrogens with zero attached hydrogens (tertiary/aromatic N) is 1. The minimum absolute atomic E-state index is 0.00837. The molecule has 0 atom stereocenters. The lowest BCUT2D eigenvalue weighted by molar-refractivity contribution is -0.120. The Kier molecular flexibility index (Phi) is 3.28. The third kappa shape index (κ3) is 2.55. The maximum Gasteiger partial charge on any atom is 0.231 e. The molecule has 0 spiro atoms. The van der Waals surface area contributed by atoms with Gasteiger partial charge < -0.3 is 15.8 Å². The van der Waals surface area contributed by atoms with Crippen molar-refractivity contribution in [1.82, 2.24) is 4.98 Å². The van der Waals surface area contributed by atoms with E-state index in [1.807, 2.05) is 6.92 Å². The molecule has 0 radical (unpaired) electrons. The number of rotatable bonds is 5. The molecule has 5 nitrogen and oxygen atoms in total. The maximum absolute atomic E-state index is 11.9. The van der Waals surface area contributed by atoms with Crippen LogP contribution in [0.25, 0.3) is 0 Å². The Labute approximate surface area is 100 Å². The van der Waals surface area contributed by atoms with Crippen LogP contribution in [-0.2, 0) is 4.79 Å². The Morgan fingerprint density at radius 3 is 2.82 bits per heavy atom. The first-order valence-electron chi connectivity index (χ1n) is 5.80. The van der Waals surface area contributed by atoms with Crippen LogP contribution in [-0.4, -0.2) is 24.0 Å². The SMILES string of the molecule is CCOc1ccc(NC(=O)C2(CN)CC2)cn1. The van der Waals surface area contributed by atoms with Gasteiger partial charge in [-0.2, -0.15) is 0 Å². The topological polar surface area (TPSA) is 77.2 Å². The summed E-state index contributed by atoms with van der Waals surface area (Å²) in [5.41, 5.74) is 5.93. The third-order valence-corrected chi connectivity index (χ3v) is 3.01. The monoisotopic (exact) mass is 235 g/mol. The van der Waals surface area contributed by atoms with E-state index in [9.17, 15) is 4.79 Å². The molecule has 1 aromatic rings. The van der Waals surface area contributed by atoms with Gasteiger partial charge in [-0.3, -0.25) is 4.79 Å². The third-order valence-electron chi connectivity index (χ3n) is 3.01. The second kappa shape index (κ2) is 4.71. The quantitative estimate of drug-likeness (QED) is 0.802. The van der Waals surface area contributed by atoms with E-state index in [-0.39, 0.29) is 11.3 Å². The summed E-state index contributed by atoms with van der Waals surface area (Å²) in [6.45, 7) is 2.88. The van der Waals surface area contributed by atoms with E-state index in [0.29, 0.717) is 24.7 Å². The van der Waals surface area contributed by atoms with Crippen LogP contribution >= 0.6 is 0 Å². The van der Waals surface area contributed by atoms with E-state index in [1.165, 1.54) is 0 Å². The van der Waals surface area contributed by atoms with Gasteiger partial charge in [0, 0.05) is 12.6 Å². The highest BCUT2D eigenvalue weighted by atomic mass is 16.5. The predicted octanol–water partition coefficient (Wildman–Crippen LogP) is 1.16. The van der Waals surface area contributed by atoms with Crippen molar-refractivity contribution in [3.05, 3.63) is 18.3 Å².